The van der Waals surface area contributed by atoms with E-state index in [9.17, 15) is 8.42 Å². The predicted molar refractivity (Wildman–Crippen MR) is 81.7 cm³/mol. The molecular weight excluding hydrogens is 274 g/mol. The number of hydrogen-bond donors (Lipinski definition) is 1. The average Bonchev–Trinajstić information content (AvgIpc) is 2.38. The molecule has 0 bridgehead atoms. The molecule has 2 rings (SSSR count). The molecule has 0 spiro atoms. The van der Waals surface area contributed by atoms with Crippen molar-refractivity contribution in [2.75, 3.05) is 39.8 Å². The fourth-order valence-corrected chi connectivity index (χ4v) is 5.21. The van der Waals surface area contributed by atoms with Crippen LogP contribution in [0.4, 0.5) is 0 Å². The van der Waals surface area contributed by atoms with Crippen LogP contribution >= 0.6 is 0 Å². The van der Waals surface area contributed by atoms with Gasteiger partial charge in [-0.25, -0.2) is 0 Å². The van der Waals surface area contributed by atoms with Gasteiger partial charge in [-0.05, 0) is 50.1 Å². The van der Waals surface area contributed by atoms with Crippen LogP contribution in [-0.4, -0.2) is 56.8 Å². The second kappa shape index (κ2) is 6.73. The summed E-state index contributed by atoms with van der Waals surface area (Å²) >= 11 is 0. The van der Waals surface area contributed by atoms with Crippen LogP contribution in [0.15, 0.2) is 0 Å². The Kier molecular flexibility index (Phi) is 5.45. The normalized spacial score (nSPS) is 33.5. The summed E-state index contributed by atoms with van der Waals surface area (Å²) in [6.07, 6.45) is 3.40. The molecule has 1 N–H and O–H groups in total. The summed E-state index contributed by atoms with van der Waals surface area (Å²) in [4.78, 5) is 0. The maximum Gasteiger partial charge on any atom is 0.281 e. The van der Waals surface area contributed by atoms with Gasteiger partial charge in [0.2, 0.25) is 0 Å². The molecule has 0 amide bonds. The van der Waals surface area contributed by atoms with Gasteiger partial charge in [-0.15, -0.1) is 0 Å². The minimum atomic E-state index is -3.29. The Morgan fingerprint density at radius 1 is 1.25 bits per heavy atom. The number of hydrogen-bond acceptors (Lipinski definition) is 3. The highest BCUT2D eigenvalue weighted by atomic mass is 32.2. The second-order valence-electron chi connectivity index (χ2n) is 6.76. The summed E-state index contributed by atoms with van der Waals surface area (Å²) in [5, 5.41) is 3.35. The topological polar surface area (TPSA) is 52.7 Å². The van der Waals surface area contributed by atoms with Crippen molar-refractivity contribution >= 4 is 10.2 Å². The maximum absolute atomic E-state index is 12.7. The summed E-state index contributed by atoms with van der Waals surface area (Å²) in [5.41, 5.74) is 0. The van der Waals surface area contributed by atoms with Crippen molar-refractivity contribution in [1.82, 2.24) is 13.9 Å². The van der Waals surface area contributed by atoms with E-state index >= 15 is 0 Å². The van der Waals surface area contributed by atoms with Crippen LogP contribution < -0.4 is 5.32 Å². The first kappa shape index (κ1) is 16.2. The SMILES string of the molecule is CC1CC(C)CN(S(=O)(=O)N(C)CC2CCCNC2)C1. The molecule has 0 aliphatic carbocycles. The molecule has 2 aliphatic heterocycles. The molecule has 0 aromatic rings. The molecule has 6 heteroatoms. The lowest BCUT2D eigenvalue weighted by Crippen LogP contribution is -2.50. The highest BCUT2D eigenvalue weighted by molar-refractivity contribution is 7.86. The van der Waals surface area contributed by atoms with Crippen molar-refractivity contribution in [1.29, 1.82) is 0 Å². The van der Waals surface area contributed by atoms with Crippen molar-refractivity contribution < 1.29 is 8.42 Å². The Morgan fingerprint density at radius 2 is 1.90 bits per heavy atom. The van der Waals surface area contributed by atoms with E-state index in [0.29, 0.717) is 37.4 Å². The Balaban J connectivity index is 1.97. The number of nitrogens with zero attached hydrogens (tertiary/aromatic N) is 2. The zero-order valence-electron chi connectivity index (χ0n) is 13.0. The van der Waals surface area contributed by atoms with E-state index in [1.807, 2.05) is 0 Å². The quantitative estimate of drug-likeness (QED) is 0.847. The lowest BCUT2D eigenvalue weighted by Gasteiger charge is -2.37. The van der Waals surface area contributed by atoms with Crippen LogP contribution in [0.5, 0.6) is 0 Å². The highest BCUT2D eigenvalue weighted by Crippen LogP contribution is 2.25. The smallest absolute Gasteiger partial charge is 0.281 e. The highest BCUT2D eigenvalue weighted by Gasteiger charge is 2.34. The van der Waals surface area contributed by atoms with Crippen molar-refractivity contribution in [2.45, 2.75) is 33.1 Å². The van der Waals surface area contributed by atoms with Gasteiger partial charge in [-0.3, -0.25) is 0 Å². The summed E-state index contributed by atoms with van der Waals surface area (Å²) in [6, 6.07) is 0. The molecule has 0 aromatic carbocycles. The van der Waals surface area contributed by atoms with E-state index < -0.39 is 10.2 Å². The van der Waals surface area contributed by atoms with E-state index in [1.165, 1.54) is 0 Å². The molecule has 3 atom stereocenters. The summed E-state index contributed by atoms with van der Waals surface area (Å²) in [6.45, 7) is 8.25. The van der Waals surface area contributed by atoms with Crippen molar-refractivity contribution in [2.24, 2.45) is 17.8 Å². The van der Waals surface area contributed by atoms with Gasteiger partial charge in [0, 0.05) is 26.7 Å². The third-order valence-corrected chi connectivity index (χ3v) is 6.36. The minimum absolute atomic E-state index is 0.447. The first-order valence-corrected chi connectivity index (χ1v) is 9.21. The van der Waals surface area contributed by atoms with Gasteiger partial charge >= 0.3 is 0 Å². The molecule has 2 aliphatic rings. The van der Waals surface area contributed by atoms with Gasteiger partial charge < -0.3 is 5.32 Å². The fraction of sp³-hybridized carbons (Fsp3) is 1.00. The van der Waals surface area contributed by atoms with E-state index in [0.717, 1.165) is 32.4 Å². The lowest BCUT2D eigenvalue weighted by molar-refractivity contribution is 0.207. The lowest BCUT2D eigenvalue weighted by atomic mass is 9.94. The van der Waals surface area contributed by atoms with Gasteiger partial charge in [0.1, 0.15) is 0 Å². The van der Waals surface area contributed by atoms with Crippen LogP contribution in [0.1, 0.15) is 33.1 Å². The largest absolute Gasteiger partial charge is 0.316 e. The summed E-state index contributed by atoms with van der Waals surface area (Å²) in [5.74, 6) is 1.36. The van der Waals surface area contributed by atoms with Crippen LogP contribution in [0.2, 0.25) is 0 Å². The van der Waals surface area contributed by atoms with E-state index in [1.54, 1.807) is 15.7 Å². The van der Waals surface area contributed by atoms with E-state index in [2.05, 4.69) is 19.2 Å². The predicted octanol–water partition coefficient (Wildman–Crippen LogP) is 1.14. The molecule has 0 saturated carbocycles. The second-order valence-corrected chi connectivity index (χ2v) is 8.80. The van der Waals surface area contributed by atoms with Crippen molar-refractivity contribution in [3.05, 3.63) is 0 Å². The van der Waals surface area contributed by atoms with Crippen molar-refractivity contribution in [3.63, 3.8) is 0 Å². The van der Waals surface area contributed by atoms with Gasteiger partial charge in [-0.2, -0.15) is 17.0 Å². The maximum atomic E-state index is 12.7. The third-order valence-electron chi connectivity index (χ3n) is 4.47. The standard InChI is InChI=1S/C14H29N3O2S/c1-12-7-13(2)10-17(9-12)20(18,19)16(3)11-14-5-4-6-15-8-14/h12-15H,4-11H2,1-3H3. The Labute approximate surface area is 123 Å². The van der Waals surface area contributed by atoms with Gasteiger partial charge in [0.05, 0.1) is 0 Å². The Morgan fingerprint density at radius 3 is 2.45 bits per heavy atom. The molecular formula is C14H29N3O2S. The molecule has 2 heterocycles. The van der Waals surface area contributed by atoms with Crippen LogP contribution in [0.25, 0.3) is 0 Å². The Bertz CT molecular complexity index is 397. The molecule has 2 fully saturated rings. The third kappa shape index (κ3) is 3.93. The Hall–Kier alpha value is -0.170. The zero-order valence-corrected chi connectivity index (χ0v) is 13.8. The first-order valence-electron chi connectivity index (χ1n) is 7.81. The average molecular weight is 303 g/mol. The first-order chi connectivity index (χ1) is 9.39. The molecule has 0 aromatic heterocycles. The van der Waals surface area contributed by atoms with Crippen LogP contribution in [-0.2, 0) is 10.2 Å². The number of rotatable bonds is 4. The molecule has 20 heavy (non-hydrogen) atoms. The van der Waals surface area contributed by atoms with E-state index in [4.69, 9.17) is 0 Å². The number of nitrogens with one attached hydrogen (secondary N) is 1. The monoisotopic (exact) mass is 303 g/mol. The molecule has 3 unspecified atom stereocenters. The van der Waals surface area contributed by atoms with Crippen LogP contribution in [0.3, 0.4) is 0 Å². The van der Waals surface area contributed by atoms with Gasteiger partial charge in [0.25, 0.3) is 10.2 Å². The van der Waals surface area contributed by atoms with Crippen LogP contribution in [0, 0.1) is 17.8 Å². The minimum Gasteiger partial charge on any atom is -0.316 e. The summed E-state index contributed by atoms with van der Waals surface area (Å²) in [7, 11) is -1.56. The number of piperidine rings is 2. The molecule has 118 valence electrons. The zero-order chi connectivity index (χ0) is 14.8. The van der Waals surface area contributed by atoms with E-state index in [-0.39, 0.29) is 0 Å². The summed E-state index contributed by atoms with van der Waals surface area (Å²) < 4.78 is 28.6. The van der Waals surface area contributed by atoms with Gasteiger partial charge in [-0.1, -0.05) is 13.8 Å². The molecule has 5 nitrogen and oxygen atoms in total. The van der Waals surface area contributed by atoms with Gasteiger partial charge in [0.15, 0.2) is 0 Å². The molecule has 0 radical (unpaired) electrons. The molecule has 2 saturated heterocycles. The fourth-order valence-electron chi connectivity index (χ4n) is 3.53. The van der Waals surface area contributed by atoms with Crippen molar-refractivity contribution in [3.8, 4) is 0 Å².